The molecule has 27 heavy (non-hydrogen) atoms. The topological polar surface area (TPSA) is 78.7 Å². The van der Waals surface area contributed by atoms with E-state index in [2.05, 4.69) is 20.4 Å². The van der Waals surface area contributed by atoms with Crippen LogP contribution in [-0.4, -0.2) is 64.3 Å². The summed E-state index contributed by atoms with van der Waals surface area (Å²) in [5.74, 6) is 0.806. The molecule has 144 valence electrons. The highest BCUT2D eigenvalue weighted by Crippen LogP contribution is 2.16. The van der Waals surface area contributed by atoms with Crippen LogP contribution in [0, 0.1) is 0 Å². The van der Waals surface area contributed by atoms with Gasteiger partial charge in [-0.05, 0) is 25.0 Å². The number of piperazine rings is 1. The van der Waals surface area contributed by atoms with Crippen molar-refractivity contribution in [1.82, 2.24) is 25.0 Å². The van der Waals surface area contributed by atoms with E-state index >= 15 is 0 Å². The molecular weight excluding hydrogens is 366 g/mol. The van der Waals surface area contributed by atoms with E-state index in [1.54, 1.807) is 28.0 Å². The standard InChI is InChI=1S/C18H24ClN7O/c1-3-20-18(21-7-6-14-4-5-16(19)22-10-14)25-8-9-26(17(27)13-25)15-11-23-24(2)12-15/h4-5,10-12H,3,6-9,13H2,1-2H3,(H,20,21). The first-order chi connectivity index (χ1) is 13.1. The Morgan fingerprint density at radius 3 is 2.81 bits per heavy atom. The van der Waals surface area contributed by atoms with Crippen molar-refractivity contribution >= 4 is 29.2 Å². The average Bonchev–Trinajstić information content (AvgIpc) is 3.08. The van der Waals surface area contributed by atoms with Gasteiger partial charge < -0.3 is 15.1 Å². The van der Waals surface area contributed by atoms with Gasteiger partial charge in [-0.15, -0.1) is 0 Å². The largest absolute Gasteiger partial charge is 0.357 e. The molecule has 0 aliphatic carbocycles. The monoisotopic (exact) mass is 389 g/mol. The number of carbonyl (C=O) groups excluding carboxylic acids is 1. The number of hydrogen-bond acceptors (Lipinski definition) is 4. The zero-order valence-electron chi connectivity index (χ0n) is 15.6. The second-order valence-electron chi connectivity index (χ2n) is 6.31. The number of nitrogens with one attached hydrogen (secondary N) is 1. The molecule has 0 radical (unpaired) electrons. The molecule has 8 nitrogen and oxygen atoms in total. The van der Waals surface area contributed by atoms with Crippen LogP contribution in [0.2, 0.25) is 5.15 Å². The number of anilines is 1. The van der Waals surface area contributed by atoms with Crippen molar-refractivity contribution < 1.29 is 4.79 Å². The number of carbonyl (C=O) groups is 1. The van der Waals surface area contributed by atoms with E-state index in [1.165, 1.54) is 0 Å². The van der Waals surface area contributed by atoms with Gasteiger partial charge in [0.15, 0.2) is 5.96 Å². The third-order valence-electron chi connectivity index (χ3n) is 4.31. The summed E-state index contributed by atoms with van der Waals surface area (Å²) >= 11 is 5.81. The third kappa shape index (κ3) is 4.97. The maximum absolute atomic E-state index is 12.6. The summed E-state index contributed by atoms with van der Waals surface area (Å²) in [4.78, 5) is 25.1. The number of nitrogens with zero attached hydrogens (tertiary/aromatic N) is 6. The minimum Gasteiger partial charge on any atom is -0.357 e. The third-order valence-corrected chi connectivity index (χ3v) is 4.53. The molecular formula is C18H24ClN7O. The van der Waals surface area contributed by atoms with Crippen LogP contribution < -0.4 is 10.2 Å². The fraction of sp³-hybridized carbons (Fsp3) is 0.444. The lowest BCUT2D eigenvalue weighted by atomic mass is 10.2. The number of amides is 1. The maximum Gasteiger partial charge on any atom is 0.246 e. The van der Waals surface area contributed by atoms with Gasteiger partial charge >= 0.3 is 0 Å². The summed E-state index contributed by atoms with van der Waals surface area (Å²) in [5, 5.41) is 7.91. The van der Waals surface area contributed by atoms with E-state index in [0.717, 1.165) is 36.7 Å². The number of aryl methyl sites for hydroxylation is 1. The molecule has 1 amide bonds. The number of halogens is 1. The SMILES string of the molecule is CCNC(=NCCc1ccc(Cl)nc1)N1CCN(c2cnn(C)c2)C(=O)C1. The quantitative estimate of drug-likeness (QED) is 0.474. The van der Waals surface area contributed by atoms with Gasteiger partial charge in [0.2, 0.25) is 5.91 Å². The Morgan fingerprint density at radius 2 is 2.19 bits per heavy atom. The van der Waals surface area contributed by atoms with Crippen LogP contribution in [0.25, 0.3) is 0 Å². The second-order valence-corrected chi connectivity index (χ2v) is 6.70. The van der Waals surface area contributed by atoms with Gasteiger partial charge in [-0.1, -0.05) is 17.7 Å². The summed E-state index contributed by atoms with van der Waals surface area (Å²) in [5.41, 5.74) is 1.91. The second kappa shape index (κ2) is 8.85. The van der Waals surface area contributed by atoms with Crippen LogP contribution in [0.1, 0.15) is 12.5 Å². The van der Waals surface area contributed by atoms with Crippen molar-refractivity contribution in [1.29, 1.82) is 0 Å². The highest BCUT2D eigenvalue weighted by molar-refractivity contribution is 6.29. The Hall–Kier alpha value is -2.61. The minimum atomic E-state index is 0.0433. The van der Waals surface area contributed by atoms with Gasteiger partial charge in [-0.2, -0.15) is 5.10 Å². The predicted octanol–water partition coefficient (Wildman–Crippen LogP) is 1.33. The fourth-order valence-electron chi connectivity index (χ4n) is 2.95. The van der Waals surface area contributed by atoms with E-state index in [1.807, 2.05) is 31.1 Å². The lowest BCUT2D eigenvalue weighted by Crippen LogP contribution is -2.55. The van der Waals surface area contributed by atoms with Crippen LogP contribution in [0.15, 0.2) is 35.7 Å². The molecule has 2 aromatic rings. The first-order valence-electron chi connectivity index (χ1n) is 8.99. The molecule has 0 unspecified atom stereocenters. The summed E-state index contributed by atoms with van der Waals surface area (Å²) in [6.45, 7) is 5.00. The van der Waals surface area contributed by atoms with Gasteiger partial charge in [0.1, 0.15) is 11.7 Å². The zero-order valence-corrected chi connectivity index (χ0v) is 16.4. The Bertz CT molecular complexity index is 802. The summed E-state index contributed by atoms with van der Waals surface area (Å²) in [7, 11) is 1.84. The Balaban J connectivity index is 1.61. The number of pyridine rings is 1. The molecule has 0 bridgehead atoms. The first-order valence-corrected chi connectivity index (χ1v) is 9.37. The van der Waals surface area contributed by atoms with Crippen molar-refractivity contribution in [3.05, 3.63) is 41.4 Å². The smallest absolute Gasteiger partial charge is 0.246 e. The number of hydrogen-bond donors (Lipinski definition) is 1. The molecule has 0 atom stereocenters. The highest BCUT2D eigenvalue weighted by Gasteiger charge is 2.27. The van der Waals surface area contributed by atoms with Crippen LogP contribution in [-0.2, 0) is 18.3 Å². The molecule has 0 spiro atoms. The normalized spacial score (nSPS) is 15.4. The number of aromatic nitrogens is 3. The van der Waals surface area contributed by atoms with Crippen LogP contribution in [0.4, 0.5) is 5.69 Å². The van der Waals surface area contributed by atoms with Gasteiger partial charge in [-0.25, -0.2) is 4.98 Å². The van der Waals surface area contributed by atoms with Crippen molar-refractivity contribution in [3.8, 4) is 0 Å². The predicted molar refractivity (Wildman–Crippen MR) is 106 cm³/mol. The molecule has 1 aliphatic heterocycles. The van der Waals surface area contributed by atoms with E-state index in [0.29, 0.717) is 24.8 Å². The van der Waals surface area contributed by atoms with Crippen molar-refractivity contribution in [3.63, 3.8) is 0 Å². The zero-order chi connectivity index (χ0) is 19.2. The summed E-state index contributed by atoms with van der Waals surface area (Å²) in [6, 6.07) is 3.73. The highest BCUT2D eigenvalue weighted by atomic mass is 35.5. The average molecular weight is 390 g/mol. The lowest BCUT2D eigenvalue weighted by Gasteiger charge is -2.35. The van der Waals surface area contributed by atoms with Gasteiger partial charge in [0.05, 0.1) is 11.9 Å². The first kappa shape index (κ1) is 19.2. The molecule has 1 fully saturated rings. The van der Waals surface area contributed by atoms with Crippen LogP contribution >= 0.6 is 11.6 Å². The molecule has 9 heteroatoms. The number of guanidine groups is 1. The number of rotatable bonds is 5. The molecule has 2 aromatic heterocycles. The van der Waals surface area contributed by atoms with E-state index in [4.69, 9.17) is 11.6 Å². The minimum absolute atomic E-state index is 0.0433. The molecule has 0 saturated carbocycles. The van der Waals surface area contributed by atoms with E-state index < -0.39 is 0 Å². The van der Waals surface area contributed by atoms with Crippen molar-refractivity contribution in [2.24, 2.45) is 12.0 Å². The maximum atomic E-state index is 12.6. The fourth-order valence-corrected chi connectivity index (χ4v) is 3.06. The lowest BCUT2D eigenvalue weighted by molar-refractivity contribution is -0.120. The Morgan fingerprint density at radius 1 is 1.33 bits per heavy atom. The van der Waals surface area contributed by atoms with Gasteiger partial charge in [0.25, 0.3) is 0 Å². The Kier molecular flexibility index (Phi) is 6.28. The molecule has 1 N–H and O–H groups in total. The summed E-state index contributed by atoms with van der Waals surface area (Å²) < 4.78 is 1.70. The number of aliphatic imine (C=N–C) groups is 1. The molecule has 0 aromatic carbocycles. The van der Waals surface area contributed by atoms with Crippen LogP contribution in [0.5, 0.6) is 0 Å². The molecule has 3 rings (SSSR count). The molecule has 1 saturated heterocycles. The van der Waals surface area contributed by atoms with Crippen LogP contribution in [0.3, 0.4) is 0 Å². The molecule has 3 heterocycles. The van der Waals surface area contributed by atoms with Gasteiger partial charge in [-0.3, -0.25) is 14.5 Å². The van der Waals surface area contributed by atoms with E-state index in [9.17, 15) is 4.79 Å². The summed E-state index contributed by atoms with van der Waals surface area (Å²) in [6.07, 6.45) is 6.10. The Labute approximate surface area is 163 Å². The van der Waals surface area contributed by atoms with Crippen molar-refractivity contribution in [2.45, 2.75) is 13.3 Å². The van der Waals surface area contributed by atoms with Gasteiger partial charge in [0, 0.05) is 45.6 Å². The van der Waals surface area contributed by atoms with Crippen molar-refractivity contribution in [2.75, 3.05) is 37.6 Å². The van der Waals surface area contributed by atoms with E-state index in [-0.39, 0.29) is 5.91 Å². The molecule has 1 aliphatic rings.